The SMILES string of the molecule is CCn1c(C(F)(F)F)nn(-c2cc(NC(=O)C(C)(C)C)c(C#N)cc2F)c1=O. The lowest BCUT2D eigenvalue weighted by Gasteiger charge is -2.18. The number of rotatable bonds is 3. The molecule has 0 aliphatic carbocycles. The van der Waals surface area contributed by atoms with Gasteiger partial charge in [0.15, 0.2) is 5.82 Å². The maximum absolute atomic E-state index is 14.4. The lowest BCUT2D eigenvalue weighted by atomic mass is 9.95. The number of halogens is 4. The van der Waals surface area contributed by atoms with Gasteiger partial charge >= 0.3 is 11.9 Å². The van der Waals surface area contributed by atoms with Gasteiger partial charge in [0.2, 0.25) is 11.7 Å². The molecule has 7 nitrogen and oxygen atoms in total. The van der Waals surface area contributed by atoms with Crippen molar-refractivity contribution >= 4 is 11.6 Å². The molecule has 0 aliphatic heterocycles. The zero-order valence-electron chi connectivity index (χ0n) is 15.5. The van der Waals surface area contributed by atoms with E-state index in [1.165, 1.54) is 6.92 Å². The maximum Gasteiger partial charge on any atom is 0.451 e. The Bertz CT molecular complexity index is 1020. The first-order chi connectivity index (χ1) is 12.8. The van der Waals surface area contributed by atoms with Gasteiger partial charge in [-0.05, 0) is 19.1 Å². The van der Waals surface area contributed by atoms with Crippen LogP contribution >= 0.6 is 0 Å². The van der Waals surface area contributed by atoms with Gasteiger partial charge in [0.1, 0.15) is 11.8 Å². The van der Waals surface area contributed by atoms with Crippen LogP contribution in [0, 0.1) is 22.6 Å². The number of hydrogen-bond donors (Lipinski definition) is 1. The highest BCUT2D eigenvalue weighted by Crippen LogP contribution is 2.29. The molecule has 1 heterocycles. The van der Waals surface area contributed by atoms with Crippen molar-refractivity contribution in [2.45, 2.75) is 40.4 Å². The van der Waals surface area contributed by atoms with Gasteiger partial charge in [-0.1, -0.05) is 20.8 Å². The zero-order valence-corrected chi connectivity index (χ0v) is 15.5. The molecule has 1 amide bonds. The minimum atomic E-state index is -4.92. The maximum atomic E-state index is 14.4. The van der Waals surface area contributed by atoms with Crippen LogP contribution < -0.4 is 11.0 Å². The molecule has 0 spiro atoms. The van der Waals surface area contributed by atoms with Crippen LogP contribution in [0.3, 0.4) is 0 Å². The van der Waals surface area contributed by atoms with Crippen molar-refractivity contribution in [2.24, 2.45) is 5.41 Å². The number of carbonyl (C=O) groups excluding carboxylic acids is 1. The molecule has 0 atom stereocenters. The largest absolute Gasteiger partial charge is 0.451 e. The summed E-state index contributed by atoms with van der Waals surface area (Å²) < 4.78 is 54.4. The van der Waals surface area contributed by atoms with Crippen LogP contribution in [0.2, 0.25) is 0 Å². The highest BCUT2D eigenvalue weighted by molar-refractivity contribution is 5.96. The summed E-state index contributed by atoms with van der Waals surface area (Å²) in [7, 11) is 0. The minimum Gasteiger partial charge on any atom is -0.324 e. The highest BCUT2D eigenvalue weighted by Gasteiger charge is 2.39. The van der Waals surface area contributed by atoms with Crippen LogP contribution in [0.25, 0.3) is 5.69 Å². The van der Waals surface area contributed by atoms with Gasteiger partial charge in [0.25, 0.3) is 0 Å². The first kappa shape index (κ1) is 21.1. The average molecular weight is 399 g/mol. The Morgan fingerprint density at radius 3 is 2.32 bits per heavy atom. The third kappa shape index (κ3) is 3.90. The molecule has 2 rings (SSSR count). The van der Waals surface area contributed by atoms with Gasteiger partial charge in [-0.3, -0.25) is 9.36 Å². The monoisotopic (exact) mass is 399 g/mol. The summed E-state index contributed by atoms with van der Waals surface area (Å²) in [6.45, 7) is 5.78. The Morgan fingerprint density at radius 1 is 1.29 bits per heavy atom. The van der Waals surface area contributed by atoms with Crippen molar-refractivity contribution in [2.75, 3.05) is 5.32 Å². The van der Waals surface area contributed by atoms with Crippen LogP contribution in [0.4, 0.5) is 23.2 Å². The molecule has 0 radical (unpaired) electrons. The summed E-state index contributed by atoms with van der Waals surface area (Å²) in [6.07, 6.45) is -4.92. The molecule has 1 aromatic carbocycles. The van der Waals surface area contributed by atoms with E-state index < -0.39 is 40.5 Å². The molecule has 0 unspecified atom stereocenters. The first-order valence-corrected chi connectivity index (χ1v) is 8.13. The molecule has 0 aliphatic rings. The Labute approximate surface area is 157 Å². The highest BCUT2D eigenvalue weighted by atomic mass is 19.4. The smallest absolute Gasteiger partial charge is 0.324 e. The molecule has 2 aromatic rings. The molecule has 0 saturated carbocycles. The van der Waals surface area contributed by atoms with Crippen LogP contribution in [-0.4, -0.2) is 20.3 Å². The number of nitriles is 1. The molecule has 28 heavy (non-hydrogen) atoms. The number of amides is 1. The summed E-state index contributed by atoms with van der Waals surface area (Å²) in [6, 6.07) is 3.32. The number of nitrogens with zero attached hydrogens (tertiary/aromatic N) is 4. The van der Waals surface area contributed by atoms with Gasteiger partial charge < -0.3 is 5.32 Å². The molecule has 150 valence electrons. The standard InChI is InChI=1S/C17H17F4N5O2/c1-5-25-13(17(19,20)21)24-26(15(25)28)12-7-11(9(8-22)6-10(12)18)23-14(27)16(2,3)4/h6-7H,5H2,1-4H3,(H,23,27). The van der Waals surface area contributed by atoms with Crippen LogP contribution in [0.1, 0.15) is 39.1 Å². The Balaban J connectivity index is 2.70. The number of hydrogen-bond acceptors (Lipinski definition) is 4. The lowest BCUT2D eigenvalue weighted by Crippen LogP contribution is -2.28. The van der Waals surface area contributed by atoms with Gasteiger partial charge in [0.05, 0.1) is 11.3 Å². The van der Waals surface area contributed by atoms with E-state index in [2.05, 4.69) is 10.4 Å². The van der Waals surface area contributed by atoms with Crippen molar-refractivity contribution in [3.63, 3.8) is 0 Å². The minimum absolute atomic E-state index is 0.148. The number of aromatic nitrogens is 3. The lowest BCUT2D eigenvalue weighted by molar-refractivity contribution is -0.147. The van der Waals surface area contributed by atoms with Crippen LogP contribution in [0.15, 0.2) is 16.9 Å². The fourth-order valence-corrected chi connectivity index (χ4v) is 2.28. The van der Waals surface area contributed by atoms with E-state index in [0.29, 0.717) is 4.57 Å². The fourth-order valence-electron chi connectivity index (χ4n) is 2.28. The summed E-state index contributed by atoms with van der Waals surface area (Å²) >= 11 is 0. The van der Waals surface area contributed by atoms with E-state index in [4.69, 9.17) is 5.26 Å². The quantitative estimate of drug-likeness (QED) is 0.803. The molecule has 0 bridgehead atoms. The average Bonchev–Trinajstić information content (AvgIpc) is 2.91. The second-order valence-corrected chi connectivity index (χ2v) is 6.93. The predicted molar refractivity (Wildman–Crippen MR) is 91.3 cm³/mol. The first-order valence-electron chi connectivity index (χ1n) is 8.13. The predicted octanol–water partition coefficient (Wildman–Crippen LogP) is 3.07. The van der Waals surface area contributed by atoms with E-state index >= 15 is 0 Å². The summed E-state index contributed by atoms with van der Waals surface area (Å²) in [5.41, 5.74) is -3.08. The van der Waals surface area contributed by atoms with Gasteiger partial charge in [0, 0.05) is 12.0 Å². The van der Waals surface area contributed by atoms with Crippen LogP contribution in [0.5, 0.6) is 0 Å². The van der Waals surface area contributed by atoms with Crippen molar-refractivity contribution < 1.29 is 22.4 Å². The second-order valence-electron chi connectivity index (χ2n) is 6.93. The van der Waals surface area contributed by atoms with E-state index in [9.17, 15) is 27.2 Å². The Hall–Kier alpha value is -3.16. The van der Waals surface area contributed by atoms with E-state index in [1.54, 1.807) is 26.8 Å². The fraction of sp³-hybridized carbons (Fsp3) is 0.412. The summed E-state index contributed by atoms with van der Waals surface area (Å²) in [5, 5.41) is 14.8. The van der Waals surface area contributed by atoms with Crippen molar-refractivity contribution in [1.82, 2.24) is 14.3 Å². The summed E-state index contributed by atoms with van der Waals surface area (Å²) in [4.78, 5) is 24.5. The molecule has 1 aromatic heterocycles. The van der Waals surface area contributed by atoms with Gasteiger partial charge in [-0.2, -0.15) is 23.1 Å². The van der Waals surface area contributed by atoms with Crippen molar-refractivity contribution in [3.8, 4) is 11.8 Å². The molecule has 11 heteroatoms. The normalized spacial score (nSPS) is 12.0. The van der Waals surface area contributed by atoms with Crippen LogP contribution in [-0.2, 0) is 17.5 Å². The molecule has 0 saturated heterocycles. The van der Waals surface area contributed by atoms with Crippen molar-refractivity contribution in [1.29, 1.82) is 5.26 Å². The number of benzene rings is 1. The molecule has 0 fully saturated rings. The second kappa shape index (κ2) is 7.10. The third-order valence-corrected chi connectivity index (χ3v) is 3.80. The Kier molecular flexibility index (Phi) is 5.36. The van der Waals surface area contributed by atoms with E-state index in [0.717, 1.165) is 12.1 Å². The van der Waals surface area contributed by atoms with Gasteiger partial charge in [-0.25, -0.2) is 9.18 Å². The zero-order chi connectivity index (χ0) is 21.4. The van der Waals surface area contributed by atoms with Crippen molar-refractivity contribution in [3.05, 3.63) is 39.8 Å². The van der Waals surface area contributed by atoms with Gasteiger partial charge in [-0.15, -0.1) is 5.10 Å². The molecular weight excluding hydrogens is 382 g/mol. The molecular formula is C17H17F4N5O2. The number of alkyl halides is 3. The number of carbonyl (C=O) groups is 1. The number of anilines is 1. The molecule has 1 N–H and O–H groups in total. The van der Waals surface area contributed by atoms with E-state index in [-0.39, 0.29) is 22.5 Å². The van der Waals surface area contributed by atoms with E-state index in [1.807, 2.05) is 0 Å². The summed E-state index contributed by atoms with van der Waals surface area (Å²) in [5.74, 6) is -3.13. The Morgan fingerprint density at radius 2 is 1.89 bits per heavy atom. The third-order valence-electron chi connectivity index (χ3n) is 3.80. The number of nitrogens with one attached hydrogen (secondary N) is 1. The topological polar surface area (TPSA) is 92.7 Å².